The molecule has 0 radical (unpaired) electrons. The number of ether oxygens (including phenoxy) is 1. The number of carbonyl (C=O) groups excluding carboxylic acids is 1. The van der Waals surface area contributed by atoms with Crippen LogP contribution in [0, 0.1) is 11.3 Å². The summed E-state index contributed by atoms with van der Waals surface area (Å²) in [7, 11) is 0. The van der Waals surface area contributed by atoms with Crippen molar-refractivity contribution in [1.29, 1.82) is 5.26 Å². The molecule has 0 saturated carbocycles. The van der Waals surface area contributed by atoms with Crippen LogP contribution in [0.2, 0.25) is 5.02 Å². The van der Waals surface area contributed by atoms with Crippen molar-refractivity contribution in [3.63, 3.8) is 0 Å². The molecule has 2 rings (SSSR count). The number of carbonyl (C=O) groups is 1. The minimum absolute atomic E-state index is 0.175. The second-order valence-electron chi connectivity index (χ2n) is 4.93. The average Bonchev–Trinajstić information content (AvgIpc) is 2.94. The van der Waals surface area contributed by atoms with Crippen LogP contribution in [0.5, 0.6) is 5.75 Å². The van der Waals surface area contributed by atoms with Crippen molar-refractivity contribution in [1.82, 2.24) is 4.90 Å². The zero-order chi connectivity index (χ0) is 15.1. The normalized spacial score (nSPS) is 14.7. The Labute approximate surface area is 129 Å². The van der Waals surface area contributed by atoms with E-state index in [4.69, 9.17) is 21.6 Å². The van der Waals surface area contributed by atoms with E-state index in [-0.39, 0.29) is 12.3 Å². The highest BCUT2D eigenvalue weighted by atomic mass is 35.5. The maximum absolute atomic E-state index is 11.3. The third kappa shape index (κ3) is 4.92. The third-order valence-electron chi connectivity index (χ3n) is 3.32. The molecule has 0 aromatic heterocycles. The quantitative estimate of drug-likeness (QED) is 0.877. The highest BCUT2D eigenvalue weighted by Crippen LogP contribution is 2.27. The third-order valence-corrected chi connectivity index (χ3v) is 3.61. The highest BCUT2D eigenvalue weighted by molar-refractivity contribution is 6.32. The van der Waals surface area contributed by atoms with Crippen LogP contribution in [0.4, 0.5) is 5.69 Å². The number of hydrogen-bond donors (Lipinski definition) is 1. The molecule has 1 aliphatic rings. The molecule has 0 unspecified atom stereocenters. The van der Waals surface area contributed by atoms with E-state index in [1.807, 2.05) is 0 Å². The van der Waals surface area contributed by atoms with Gasteiger partial charge in [0.05, 0.1) is 11.1 Å². The summed E-state index contributed by atoms with van der Waals surface area (Å²) in [6, 6.07) is 6.87. The van der Waals surface area contributed by atoms with Crippen LogP contribution in [0.15, 0.2) is 18.2 Å². The number of rotatable bonds is 6. The molecule has 0 spiro atoms. The van der Waals surface area contributed by atoms with Crippen LogP contribution in [0.3, 0.4) is 0 Å². The fourth-order valence-corrected chi connectivity index (χ4v) is 2.50. The molecule has 1 aromatic rings. The standard InChI is InChI=1S/C15H18ClN3O2/c16-13-11-12(18-15(20)5-6-17)3-4-14(13)21-10-9-19-7-1-2-8-19/h3-4,11H,1-2,5,7-10H2,(H,18,20). The fourth-order valence-electron chi connectivity index (χ4n) is 2.26. The van der Waals surface area contributed by atoms with E-state index < -0.39 is 0 Å². The molecule has 1 heterocycles. The first-order chi connectivity index (χ1) is 10.2. The molecular formula is C15H18ClN3O2. The van der Waals surface area contributed by atoms with E-state index in [1.54, 1.807) is 24.3 Å². The number of nitrogens with one attached hydrogen (secondary N) is 1. The Morgan fingerprint density at radius 2 is 2.19 bits per heavy atom. The molecule has 21 heavy (non-hydrogen) atoms. The van der Waals surface area contributed by atoms with Gasteiger partial charge in [-0.05, 0) is 44.1 Å². The Bertz CT molecular complexity index is 536. The Hall–Kier alpha value is -1.77. The van der Waals surface area contributed by atoms with Gasteiger partial charge in [0, 0.05) is 12.2 Å². The van der Waals surface area contributed by atoms with Crippen molar-refractivity contribution in [2.75, 3.05) is 31.6 Å². The zero-order valence-corrected chi connectivity index (χ0v) is 12.5. The van der Waals surface area contributed by atoms with Crippen LogP contribution in [-0.4, -0.2) is 37.0 Å². The lowest BCUT2D eigenvalue weighted by atomic mass is 10.3. The van der Waals surface area contributed by atoms with Gasteiger partial charge in [0.25, 0.3) is 0 Å². The highest BCUT2D eigenvalue weighted by Gasteiger charge is 2.11. The fraction of sp³-hybridized carbons (Fsp3) is 0.467. The predicted molar refractivity (Wildman–Crippen MR) is 81.5 cm³/mol. The average molecular weight is 308 g/mol. The Balaban J connectivity index is 1.83. The summed E-state index contributed by atoms with van der Waals surface area (Å²) >= 11 is 6.13. The molecule has 5 nitrogen and oxygen atoms in total. The second kappa shape index (κ2) is 7.87. The topological polar surface area (TPSA) is 65.4 Å². The summed E-state index contributed by atoms with van der Waals surface area (Å²) in [5.41, 5.74) is 0.562. The van der Waals surface area contributed by atoms with E-state index in [9.17, 15) is 4.79 Å². The second-order valence-corrected chi connectivity index (χ2v) is 5.33. The molecule has 0 aliphatic carbocycles. The van der Waals surface area contributed by atoms with E-state index in [1.165, 1.54) is 12.8 Å². The monoisotopic (exact) mass is 307 g/mol. The van der Waals surface area contributed by atoms with E-state index >= 15 is 0 Å². The van der Waals surface area contributed by atoms with Crippen molar-refractivity contribution in [2.45, 2.75) is 19.3 Å². The first kappa shape index (κ1) is 15.6. The molecule has 1 N–H and O–H groups in total. The SMILES string of the molecule is N#CCC(=O)Nc1ccc(OCCN2CCCC2)c(Cl)c1. The first-order valence-corrected chi connectivity index (χ1v) is 7.38. The largest absolute Gasteiger partial charge is 0.491 e. The van der Waals surface area contributed by atoms with Crippen molar-refractivity contribution >= 4 is 23.2 Å². The molecule has 0 bridgehead atoms. The van der Waals surface area contributed by atoms with Gasteiger partial charge in [-0.3, -0.25) is 9.69 Å². The van der Waals surface area contributed by atoms with Crippen molar-refractivity contribution in [2.24, 2.45) is 0 Å². The Morgan fingerprint density at radius 3 is 2.86 bits per heavy atom. The molecular weight excluding hydrogens is 290 g/mol. The predicted octanol–water partition coefficient (Wildman–Crippen LogP) is 2.67. The number of nitrogens with zero attached hydrogens (tertiary/aromatic N) is 2. The number of halogens is 1. The molecule has 1 saturated heterocycles. The van der Waals surface area contributed by atoms with Crippen molar-refractivity contribution < 1.29 is 9.53 Å². The number of likely N-dealkylation sites (tertiary alicyclic amines) is 1. The van der Waals surface area contributed by atoms with E-state index in [0.29, 0.717) is 23.1 Å². The van der Waals surface area contributed by atoms with Crippen LogP contribution in [0.1, 0.15) is 19.3 Å². The molecule has 1 aromatic carbocycles. The van der Waals surface area contributed by atoms with Gasteiger partial charge in [-0.1, -0.05) is 11.6 Å². The van der Waals surface area contributed by atoms with Gasteiger partial charge in [-0.25, -0.2) is 0 Å². The van der Waals surface area contributed by atoms with Crippen LogP contribution in [0.25, 0.3) is 0 Å². The van der Waals surface area contributed by atoms with Gasteiger partial charge in [0.2, 0.25) is 5.91 Å². The summed E-state index contributed by atoms with van der Waals surface area (Å²) in [4.78, 5) is 13.7. The lowest BCUT2D eigenvalue weighted by molar-refractivity contribution is -0.115. The molecule has 1 amide bonds. The summed E-state index contributed by atoms with van der Waals surface area (Å²) in [6.45, 7) is 3.78. The number of nitriles is 1. The maximum Gasteiger partial charge on any atom is 0.238 e. The molecule has 112 valence electrons. The molecule has 1 fully saturated rings. The minimum Gasteiger partial charge on any atom is -0.491 e. The number of hydrogen-bond acceptors (Lipinski definition) is 4. The van der Waals surface area contributed by atoms with Crippen LogP contribution < -0.4 is 10.1 Å². The molecule has 6 heteroatoms. The maximum atomic E-state index is 11.3. The van der Waals surface area contributed by atoms with Crippen molar-refractivity contribution in [3.8, 4) is 11.8 Å². The number of amides is 1. The lowest BCUT2D eigenvalue weighted by Crippen LogP contribution is -2.25. The first-order valence-electron chi connectivity index (χ1n) is 7.00. The number of anilines is 1. The molecule has 1 aliphatic heterocycles. The summed E-state index contributed by atoms with van der Waals surface area (Å²) < 4.78 is 5.67. The summed E-state index contributed by atoms with van der Waals surface area (Å²) in [6.07, 6.45) is 2.35. The minimum atomic E-state index is -0.351. The van der Waals surface area contributed by atoms with E-state index in [0.717, 1.165) is 19.6 Å². The Morgan fingerprint density at radius 1 is 1.43 bits per heavy atom. The smallest absolute Gasteiger partial charge is 0.238 e. The van der Waals surface area contributed by atoms with Gasteiger partial charge in [-0.2, -0.15) is 5.26 Å². The summed E-state index contributed by atoms with van der Waals surface area (Å²) in [5.74, 6) is 0.255. The Kier molecular flexibility index (Phi) is 5.85. The van der Waals surface area contributed by atoms with Gasteiger partial charge in [0.15, 0.2) is 0 Å². The van der Waals surface area contributed by atoms with Gasteiger partial charge in [-0.15, -0.1) is 0 Å². The van der Waals surface area contributed by atoms with Crippen LogP contribution >= 0.6 is 11.6 Å². The zero-order valence-electron chi connectivity index (χ0n) is 11.8. The molecule has 0 atom stereocenters. The number of benzene rings is 1. The van der Waals surface area contributed by atoms with E-state index in [2.05, 4.69) is 10.2 Å². The van der Waals surface area contributed by atoms with Gasteiger partial charge >= 0.3 is 0 Å². The van der Waals surface area contributed by atoms with Gasteiger partial charge in [0.1, 0.15) is 18.8 Å². The lowest BCUT2D eigenvalue weighted by Gasteiger charge is -2.15. The van der Waals surface area contributed by atoms with Crippen LogP contribution in [-0.2, 0) is 4.79 Å². The van der Waals surface area contributed by atoms with Crippen molar-refractivity contribution in [3.05, 3.63) is 23.2 Å². The summed E-state index contributed by atoms with van der Waals surface area (Å²) in [5, 5.41) is 11.5. The van der Waals surface area contributed by atoms with Gasteiger partial charge < -0.3 is 10.1 Å².